The minimum Gasteiger partial charge on any atom is -0.508 e. The van der Waals surface area contributed by atoms with Crippen molar-refractivity contribution in [3.63, 3.8) is 0 Å². The summed E-state index contributed by atoms with van der Waals surface area (Å²) in [6.07, 6.45) is 1.32. The molecule has 0 amide bonds. The predicted molar refractivity (Wildman–Crippen MR) is 77.7 cm³/mol. The summed E-state index contributed by atoms with van der Waals surface area (Å²) in [6.45, 7) is 9.98. The average Bonchev–Trinajstić information content (AvgIpc) is 2.68. The Balaban J connectivity index is 2.05. The van der Waals surface area contributed by atoms with Crippen molar-refractivity contribution in [3.05, 3.63) is 28.8 Å². The van der Waals surface area contributed by atoms with Crippen molar-refractivity contribution in [3.8, 4) is 5.75 Å². The van der Waals surface area contributed by atoms with Crippen LogP contribution in [0.25, 0.3) is 0 Å². The van der Waals surface area contributed by atoms with Crippen LogP contribution in [0.3, 0.4) is 0 Å². The van der Waals surface area contributed by atoms with E-state index in [1.807, 2.05) is 26.0 Å². The summed E-state index contributed by atoms with van der Waals surface area (Å²) in [7, 11) is 0. The maximum atomic E-state index is 10.1. The number of aryl methyl sites for hydroxylation is 1. The van der Waals surface area contributed by atoms with E-state index in [0.29, 0.717) is 18.3 Å². The van der Waals surface area contributed by atoms with Crippen LogP contribution in [0.5, 0.6) is 5.75 Å². The second kappa shape index (κ2) is 5.93. The molecule has 0 fully saturated rings. The first-order chi connectivity index (χ1) is 9.00. The Kier molecular flexibility index (Phi) is 4.48. The lowest BCUT2D eigenvalue weighted by atomic mass is 9.97. The van der Waals surface area contributed by atoms with Gasteiger partial charge in [-0.05, 0) is 50.3 Å². The van der Waals surface area contributed by atoms with Gasteiger partial charge in [-0.1, -0.05) is 13.0 Å². The van der Waals surface area contributed by atoms with Crippen molar-refractivity contribution in [2.24, 2.45) is 0 Å². The summed E-state index contributed by atoms with van der Waals surface area (Å²) < 4.78 is 5.55. The number of phenolic OH excluding ortho intramolecular Hbond substituents is 1. The normalized spacial score (nSPS) is 21.9. The standard InChI is InChI=1S/C16H25NO2/c1-10(2)19-8-7-17-13-9-12(4)15-11(3)5-6-14(18)16(13)15/h5-6,10,12-13,17-18H,7-9H2,1-4H3. The maximum Gasteiger partial charge on any atom is 0.120 e. The second-order valence-corrected chi connectivity index (χ2v) is 5.79. The molecular weight excluding hydrogens is 238 g/mol. The van der Waals surface area contributed by atoms with Crippen LogP contribution in [0.2, 0.25) is 0 Å². The number of nitrogens with one attached hydrogen (secondary N) is 1. The largest absolute Gasteiger partial charge is 0.508 e. The van der Waals surface area contributed by atoms with Gasteiger partial charge in [-0.2, -0.15) is 0 Å². The molecule has 0 radical (unpaired) electrons. The average molecular weight is 263 g/mol. The molecule has 0 saturated heterocycles. The van der Waals surface area contributed by atoms with Crippen LogP contribution in [0.15, 0.2) is 12.1 Å². The molecule has 19 heavy (non-hydrogen) atoms. The van der Waals surface area contributed by atoms with E-state index in [-0.39, 0.29) is 12.1 Å². The Morgan fingerprint density at radius 2 is 2.11 bits per heavy atom. The minimum absolute atomic E-state index is 0.251. The molecule has 0 saturated carbocycles. The van der Waals surface area contributed by atoms with Crippen molar-refractivity contribution in [1.82, 2.24) is 5.32 Å². The highest BCUT2D eigenvalue weighted by atomic mass is 16.5. The third-order valence-corrected chi connectivity index (χ3v) is 3.86. The van der Waals surface area contributed by atoms with Crippen LogP contribution in [0.4, 0.5) is 0 Å². The highest BCUT2D eigenvalue weighted by molar-refractivity contribution is 5.50. The van der Waals surface area contributed by atoms with Gasteiger partial charge in [0.2, 0.25) is 0 Å². The fourth-order valence-electron chi connectivity index (χ4n) is 3.06. The van der Waals surface area contributed by atoms with Crippen molar-refractivity contribution >= 4 is 0 Å². The van der Waals surface area contributed by atoms with E-state index in [1.165, 1.54) is 11.1 Å². The zero-order valence-electron chi connectivity index (χ0n) is 12.4. The first-order valence-electron chi connectivity index (χ1n) is 7.18. The van der Waals surface area contributed by atoms with Gasteiger partial charge in [-0.25, -0.2) is 0 Å². The van der Waals surface area contributed by atoms with Crippen LogP contribution in [0.1, 0.15) is 55.8 Å². The van der Waals surface area contributed by atoms with Crippen LogP contribution >= 0.6 is 0 Å². The summed E-state index contributed by atoms with van der Waals surface area (Å²) in [5.41, 5.74) is 3.70. The van der Waals surface area contributed by atoms with E-state index < -0.39 is 0 Å². The lowest BCUT2D eigenvalue weighted by molar-refractivity contribution is 0.0792. The molecule has 3 nitrogen and oxygen atoms in total. The third kappa shape index (κ3) is 3.10. The van der Waals surface area contributed by atoms with Crippen molar-refractivity contribution in [2.45, 2.75) is 52.2 Å². The number of phenols is 1. The SMILES string of the molecule is Cc1ccc(O)c2c1C(C)CC2NCCOC(C)C. The van der Waals surface area contributed by atoms with Gasteiger partial charge in [0.15, 0.2) is 0 Å². The summed E-state index contributed by atoms with van der Waals surface area (Å²) >= 11 is 0. The van der Waals surface area contributed by atoms with Crippen molar-refractivity contribution < 1.29 is 9.84 Å². The fraction of sp³-hybridized carbons (Fsp3) is 0.625. The fourth-order valence-corrected chi connectivity index (χ4v) is 3.06. The zero-order valence-corrected chi connectivity index (χ0v) is 12.4. The Hall–Kier alpha value is -1.06. The van der Waals surface area contributed by atoms with E-state index in [1.54, 1.807) is 0 Å². The third-order valence-electron chi connectivity index (χ3n) is 3.86. The molecule has 0 heterocycles. The highest BCUT2D eigenvalue weighted by Crippen LogP contribution is 2.45. The number of fused-ring (bicyclic) bond motifs is 1. The van der Waals surface area contributed by atoms with Crippen LogP contribution < -0.4 is 5.32 Å². The van der Waals surface area contributed by atoms with Crippen LogP contribution in [-0.2, 0) is 4.74 Å². The van der Waals surface area contributed by atoms with Gasteiger partial charge in [0.1, 0.15) is 5.75 Å². The molecule has 1 aliphatic rings. The van der Waals surface area contributed by atoms with Gasteiger partial charge in [-0.15, -0.1) is 0 Å². The van der Waals surface area contributed by atoms with E-state index in [0.717, 1.165) is 18.5 Å². The molecule has 2 N–H and O–H groups in total. The quantitative estimate of drug-likeness (QED) is 0.801. The highest BCUT2D eigenvalue weighted by Gasteiger charge is 2.31. The van der Waals surface area contributed by atoms with Gasteiger partial charge in [0, 0.05) is 18.2 Å². The number of ether oxygens (including phenoxy) is 1. The Labute approximate surface area is 116 Å². The number of aromatic hydroxyl groups is 1. The molecule has 0 spiro atoms. The molecule has 0 aliphatic heterocycles. The molecule has 0 aromatic heterocycles. The van der Waals surface area contributed by atoms with Crippen molar-refractivity contribution in [2.75, 3.05) is 13.2 Å². The number of hydrogen-bond acceptors (Lipinski definition) is 3. The van der Waals surface area contributed by atoms with Crippen LogP contribution in [-0.4, -0.2) is 24.4 Å². The molecule has 2 atom stereocenters. The van der Waals surface area contributed by atoms with E-state index in [4.69, 9.17) is 4.74 Å². The smallest absolute Gasteiger partial charge is 0.120 e. The summed E-state index contributed by atoms with van der Waals surface area (Å²) in [5, 5.41) is 13.6. The van der Waals surface area contributed by atoms with Gasteiger partial charge in [0.05, 0.1) is 12.7 Å². The minimum atomic E-state index is 0.251. The molecule has 0 bridgehead atoms. The van der Waals surface area contributed by atoms with Crippen molar-refractivity contribution in [1.29, 1.82) is 0 Å². The number of benzene rings is 1. The number of hydrogen-bond donors (Lipinski definition) is 2. The van der Waals surface area contributed by atoms with Gasteiger partial charge in [0.25, 0.3) is 0 Å². The Morgan fingerprint density at radius 3 is 2.79 bits per heavy atom. The predicted octanol–water partition coefficient (Wildman–Crippen LogP) is 3.26. The molecule has 2 unspecified atom stereocenters. The van der Waals surface area contributed by atoms with E-state index in [9.17, 15) is 5.11 Å². The van der Waals surface area contributed by atoms with Gasteiger partial charge >= 0.3 is 0 Å². The summed E-state index contributed by atoms with van der Waals surface area (Å²) in [6, 6.07) is 4.07. The maximum absolute atomic E-state index is 10.1. The monoisotopic (exact) mass is 263 g/mol. The zero-order chi connectivity index (χ0) is 14.0. The Bertz CT molecular complexity index is 443. The second-order valence-electron chi connectivity index (χ2n) is 5.79. The molecule has 1 aromatic carbocycles. The summed E-state index contributed by atoms with van der Waals surface area (Å²) in [5.74, 6) is 0.929. The molecular formula is C16H25NO2. The molecule has 3 heteroatoms. The van der Waals surface area contributed by atoms with E-state index >= 15 is 0 Å². The lowest BCUT2D eigenvalue weighted by Crippen LogP contribution is -2.25. The van der Waals surface area contributed by atoms with E-state index in [2.05, 4.69) is 19.2 Å². The summed E-state index contributed by atoms with van der Waals surface area (Å²) in [4.78, 5) is 0. The number of rotatable bonds is 5. The molecule has 1 aliphatic carbocycles. The molecule has 1 aromatic rings. The first kappa shape index (κ1) is 14.4. The topological polar surface area (TPSA) is 41.5 Å². The Morgan fingerprint density at radius 1 is 1.37 bits per heavy atom. The molecule has 106 valence electrons. The van der Waals surface area contributed by atoms with Gasteiger partial charge in [-0.3, -0.25) is 0 Å². The molecule has 2 rings (SSSR count). The first-order valence-corrected chi connectivity index (χ1v) is 7.18. The lowest BCUT2D eigenvalue weighted by Gasteiger charge is -2.16. The van der Waals surface area contributed by atoms with Gasteiger partial charge < -0.3 is 15.2 Å². The van der Waals surface area contributed by atoms with Crippen LogP contribution in [0, 0.1) is 6.92 Å².